The molecule has 0 N–H and O–H groups in total. The Kier molecular flexibility index (Phi) is 5.15. The fourth-order valence-electron chi connectivity index (χ4n) is 3.02. The number of rotatable bonds is 3. The number of halogens is 1. The largest absolute Gasteiger partial charge is 0.0613 e. The summed E-state index contributed by atoms with van der Waals surface area (Å²) in [5.74, 6) is 0. The van der Waals surface area contributed by atoms with Crippen molar-refractivity contribution in [3.8, 4) is 22.3 Å². The van der Waals surface area contributed by atoms with Crippen molar-refractivity contribution in [3.63, 3.8) is 0 Å². The molecule has 0 radical (unpaired) electrons. The summed E-state index contributed by atoms with van der Waals surface area (Å²) in [5.41, 5.74) is 7.91. The Morgan fingerprint density at radius 1 is 0.680 bits per heavy atom. The maximum absolute atomic E-state index is 3.68. The second-order valence-corrected chi connectivity index (χ2v) is 8.52. The van der Waals surface area contributed by atoms with Crippen LogP contribution in [0.4, 0.5) is 0 Å². The summed E-state index contributed by atoms with van der Waals surface area (Å²) in [6, 6.07) is 24.5. The fraction of sp³-hybridized carbons (Fsp3) is 0.250. The van der Waals surface area contributed by atoms with Crippen LogP contribution in [-0.4, -0.2) is 0 Å². The monoisotopic (exact) mass is 392 g/mol. The van der Waals surface area contributed by atoms with Crippen molar-refractivity contribution in [3.05, 3.63) is 82.3 Å². The molecule has 0 aromatic heterocycles. The zero-order chi connectivity index (χ0) is 18.0. The maximum Gasteiger partial charge on any atom is 0.0187 e. The summed E-state index contributed by atoms with van der Waals surface area (Å²) in [5, 5.41) is 0. The Hall–Kier alpha value is -1.86. The minimum Gasteiger partial charge on any atom is -0.0613 e. The van der Waals surface area contributed by atoms with Crippen LogP contribution in [0.2, 0.25) is 0 Å². The summed E-state index contributed by atoms with van der Waals surface area (Å²) in [6.07, 6.45) is 1.07. The van der Waals surface area contributed by atoms with Crippen molar-refractivity contribution in [1.82, 2.24) is 0 Å². The molecule has 0 atom stereocenters. The SMILES string of the molecule is CCc1ccc(-c2cc(Br)cc(-c3ccc(C(C)(C)C)cc3)c2)cc1. The van der Waals surface area contributed by atoms with Crippen LogP contribution in [0, 0.1) is 0 Å². The predicted molar refractivity (Wildman–Crippen MR) is 113 cm³/mol. The molecular formula is C24H25Br. The van der Waals surface area contributed by atoms with Gasteiger partial charge in [-0.1, -0.05) is 92.2 Å². The summed E-state index contributed by atoms with van der Waals surface area (Å²) in [7, 11) is 0. The molecule has 0 aliphatic heterocycles. The number of benzene rings is 3. The van der Waals surface area contributed by atoms with Crippen LogP contribution in [0.5, 0.6) is 0 Å². The van der Waals surface area contributed by atoms with Crippen LogP contribution < -0.4 is 0 Å². The molecule has 0 bridgehead atoms. The molecule has 0 unspecified atom stereocenters. The van der Waals surface area contributed by atoms with E-state index < -0.39 is 0 Å². The van der Waals surface area contributed by atoms with Crippen molar-refractivity contribution in [2.45, 2.75) is 39.5 Å². The van der Waals surface area contributed by atoms with Crippen LogP contribution >= 0.6 is 15.9 Å². The van der Waals surface area contributed by atoms with Gasteiger partial charge >= 0.3 is 0 Å². The van der Waals surface area contributed by atoms with E-state index >= 15 is 0 Å². The second-order valence-electron chi connectivity index (χ2n) is 7.61. The van der Waals surface area contributed by atoms with Crippen molar-refractivity contribution in [2.24, 2.45) is 0 Å². The lowest BCUT2D eigenvalue weighted by Gasteiger charge is -2.19. The first-order valence-electron chi connectivity index (χ1n) is 8.87. The Labute approximate surface area is 160 Å². The van der Waals surface area contributed by atoms with Crippen molar-refractivity contribution >= 4 is 15.9 Å². The molecule has 0 aliphatic rings. The number of hydrogen-bond acceptors (Lipinski definition) is 0. The highest BCUT2D eigenvalue weighted by atomic mass is 79.9. The summed E-state index contributed by atoms with van der Waals surface area (Å²) in [4.78, 5) is 0. The molecule has 3 aromatic carbocycles. The first kappa shape index (κ1) is 17.9. The highest BCUT2D eigenvalue weighted by Gasteiger charge is 2.13. The molecule has 0 amide bonds. The van der Waals surface area contributed by atoms with Gasteiger partial charge in [-0.3, -0.25) is 0 Å². The topological polar surface area (TPSA) is 0 Å². The van der Waals surface area contributed by atoms with Gasteiger partial charge in [0.25, 0.3) is 0 Å². The predicted octanol–water partition coefficient (Wildman–Crippen LogP) is 7.64. The van der Waals surface area contributed by atoms with E-state index in [1.54, 1.807) is 0 Å². The molecule has 0 fully saturated rings. The first-order valence-corrected chi connectivity index (χ1v) is 9.67. The molecule has 128 valence electrons. The van der Waals surface area contributed by atoms with Gasteiger partial charge in [-0.05, 0) is 63.4 Å². The van der Waals surface area contributed by atoms with Gasteiger partial charge in [0, 0.05) is 4.47 Å². The maximum atomic E-state index is 3.68. The van der Waals surface area contributed by atoms with E-state index in [1.807, 2.05) is 0 Å². The van der Waals surface area contributed by atoms with E-state index in [-0.39, 0.29) is 5.41 Å². The van der Waals surface area contributed by atoms with Crippen LogP contribution in [0.25, 0.3) is 22.3 Å². The van der Waals surface area contributed by atoms with Gasteiger partial charge in [0.05, 0.1) is 0 Å². The molecule has 0 heterocycles. The van der Waals surface area contributed by atoms with E-state index in [0.29, 0.717) is 0 Å². The van der Waals surface area contributed by atoms with Crippen LogP contribution in [-0.2, 0) is 11.8 Å². The van der Waals surface area contributed by atoms with Gasteiger partial charge in [-0.15, -0.1) is 0 Å². The average molecular weight is 393 g/mol. The van der Waals surface area contributed by atoms with Crippen LogP contribution in [0.3, 0.4) is 0 Å². The van der Waals surface area contributed by atoms with Crippen LogP contribution in [0.15, 0.2) is 71.2 Å². The molecule has 0 nitrogen and oxygen atoms in total. The zero-order valence-corrected chi connectivity index (χ0v) is 17.0. The van der Waals surface area contributed by atoms with E-state index in [1.165, 1.54) is 33.4 Å². The Morgan fingerprint density at radius 3 is 1.60 bits per heavy atom. The van der Waals surface area contributed by atoms with Crippen molar-refractivity contribution in [1.29, 1.82) is 0 Å². The summed E-state index contributed by atoms with van der Waals surface area (Å²) in [6.45, 7) is 8.94. The van der Waals surface area contributed by atoms with Gasteiger partial charge < -0.3 is 0 Å². The minimum absolute atomic E-state index is 0.183. The third-order valence-corrected chi connectivity index (χ3v) is 5.14. The molecule has 3 rings (SSSR count). The standard InChI is InChI=1S/C24H25Br/c1-5-17-6-8-18(9-7-17)20-14-21(16-23(25)15-20)19-10-12-22(13-11-19)24(2,3)4/h6-16H,5H2,1-4H3. The van der Waals surface area contributed by atoms with E-state index in [4.69, 9.17) is 0 Å². The Bertz CT molecular complexity index is 850. The molecule has 0 aliphatic carbocycles. The lowest BCUT2D eigenvalue weighted by atomic mass is 9.86. The van der Waals surface area contributed by atoms with Gasteiger partial charge in [-0.2, -0.15) is 0 Å². The van der Waals surface area contributed by atoms with Gasteiger partial charge in [0.15, 0.2) is 0 Å². The zero-order valence-electron chi connectivity index (χ0n) is 15.4. The van der Waals surface area contributed by atoms with E-state index in [0.717, 1.165) is 10.9 Å². The minimum atomic E-state index is 0.183. The third-order valence-electron chi connectivity index (χ3n) is 4.68. The molecule has 0 saturated carbocycles. The highest BCUT2D eigenvalue weighted by Crippen LogP contribution is 2.32. The first-order chi connectivity index (χ1) is 11.9. The highest BCUT2D eigenvalue weighted by molar-refractivity contribution is 9.10. The van der Waals surface area contributed by atoms with E-state index in [2.05, 4.69) is 110 Å². The molecule has 0 spiro atoms. The molecule has 25 heavy (non-hydrogen) atoms. The lowest BCUT2D eigenvalue weighted by molar-refractivity contribution is 0.590. The summed E-state index contributed by atoms with van der Waals surface area (Å²) < 4.78 is 1.11. The van der Waals surface area contributed by atoms with E-state index in [9.17, 15) is 0 Å². The second kappa shape index (κ2) is 7.17. The summed E-state index contributed by atoms with van der Waals surface area (Å²) >= 11 is 3.68. The smallest absolute Gasteiger partial charge is 0.0187 e. The van der Waals surface area contributed by atoms with Crippen LogP contribution in [0.1, 0.15) is 38.8 Å². The Balaban J connectivity index is 1.98. The third kappa shape index (κ3) is 4.22. The fourth-order valence-corrected chi connectivity index (χ4v) is 3.51. The average Bonchev–Trinajstić information content (AvgIpc) is 2.60. The molecule has 1 heteroatoms. The molecule has 3 aromatic rings. The quantitative estimate of drug-likeness (QED) is 0.429. The van der Waals surface area contributed by atoms with Gasteiger partial charge in [-0.25, -0.2) is 0 Å². The van der Waals surface area contributed by atoms with Crippen molar-refractivity contribution in [2.75, 3.05) is 0 Å². The normalized spacial score (nSPS) is 11.6. The number of hydrogen-bond donors (Lipinski definition) is 0. The lowest BCUT2D eigenvalue weighted by Crippen LogP contribution is -2.10. The van der Waals surface area contributed by atoms with Gasteiger partial charge in [0.2, 0.25) is 0 Å². The number of aryl methyl sites for hydroxylation is 1. The van der Waals surface area contributed by atoms with Crippen molar-refractivity contribution < 1.29 is 0 Å². The Morgan fingerprint density at radius 2 is 1.16 bits per heavy atom. The molecular weight excluding hydrogens is 368 g/mol. The van der Waals surface area contributed by atoms with Gasteiger partial charge in [0.1, 0.15) is 0 Å². The molecule has 0 saturated heterocycles.